The Bertz CT molecular complexity index is 894. The molecule has 0 fully saturated rings. The van der Waals surface area contributed by atoms with Gasteiger partial charge in [0, 0.05) is 4.90 Å². The molecule has 0 atom stereocenters. The number of hydrogen-bond donors (Lipinski definition) is 1. The normalized spacial score (nSPS) is 10.5. The number of aryl methyl sites for hydroxylation is 1. The van der Waals surface area contributed by atoms with Crippen molar-refractivity contribution < 1.29 is 8.42 Å². The molecule has 0 heterocycles. The van der Waals surface area contributed by atoms with Gasteiger partial charge < -0.3 is 0 Å². The Labute approximate surface area is 133 Å². The van der Waals surface area contributed by atoms with Crippen molar-refractivity contribution in [3.05, 3.63) is 53.6 Å². The van der Waals surface area contributed by atoms with Crippen LogP contribution in [0.25, 0.3) is 0 Å². The Morgan fingerprint density at radius 3 is 2.50 bits per heavy atom. The molecule has 22 heavy (non-hydrogen) atoms. The van der Waals surface area contributed by atoms with Crippen molar-refractivity contribution in [2.45, 2.75) is 16.7 Å². The fourth-order valence-corrected chi connectivity index (χ4v) is 3.63. The molecule has 0 aliphatic heterocycles. The topological polar surface area (TPSA) is 93.8 Å². The van der Waals surface area contributed by atoms with Crippen molar-refractivity contribution in [1.29, 1.82) is 10.5 Å². The van der Waals surface area contributed by atoms with Crippen molar-refractivity contribution in [3.8, 4) is 11.5 Å². The SMILES string of the molecule is Cc1cc(SC#N)ccc1NS(=O)(=O)c1ccccc1C#N. The summed E-state index contributed by atoms with van der Waals surface area (Å²) in [5.74, 6) is 0. The fraction of sp³-hybridized carbons (Fsp3) is 0.0667. The van der Waals surface area contributed by atoms with Gasteiger partial charge in [-0.25, -0.2) is 8.42 Å². The number of thiocyanates is 1. The minimum Gasteiger partial charge on any atom is -0.279 e. The van der Waals surface area contributed by atoms with Gasteiger partial charge in [-0.05, 0) is 54.6 Å². The van der Waals surface area contributed by atoms with Gasteiger partial charge in [-0.15, -0.1) is 0 Å². The molecule has 2 aromatic rings. The molecule has 0 spiro atoms. The highest BCUT2D eigenvalue weighted by atomic mass is 32.2. The third-order valence-electron chi connectivity index (χ3n) is 2.90. The summed E-state index contributed by atoms with van der Waals surface area (Å²) in [5.41, 5.74) is 1.19. The zero-order valence-corrected chi connectivity index (χ0v) is 13.2. The van der Waals surface area contributed by atoms with Crippen molar-refractivity contribution >= 4 is 27.5 Å². The van der Waals surface area contributed by atoms with Gasteiger partial charge in [0.05, 0.1) is 11.3 Å². The van der Waals surface area contributed by atoms with Crippen LogP contribution in [0.5, 0.6) is 0 Å². The summed E-state index contributed by atoms with van der Waals surface area (Å²) < 4.78 is 27.3. The molecule has 2 rings (SSSR count). The molecule has 1 N–H and O–H groups in total. The number of nitrogens with zero attached hydrogens (tertiary/aromatic N) is 2. The first-order valence-corrected chi connectivity index (χ1v) is 8.46. The Morgan fingerprint density at radius 2 is 1.86 bits per heavy atom. The van der Waals surface area contributed by atoms with E-state index in [4.69, 9.17) is 10.5 Å². The van der Waals surface area contributed by atoms with Gasteiger partial charge in [-0.3, -0.25) is 4.72 Å². The van der Waals surface area contributed by atoms with Crippen LogP contribution in [0.15, 0.2) is 52.3 Å². The number of nitriles is 2. The third-order valence-corrected chi connectivity index (χ3v) is 4.91. The standard InChI is InChI=1S/C15H11N3O2S2/c1-11-8-13(21-10-17)6-7-14(11)18-22(19,20)15-5-3-2-4-12(15)9-16/h2-8,18H,1H3. The molecule has 2 aromatic carbocycles. The first-order chi connectivity index (χ1) is 10.5. The summed E-state index contributed by atoms with van der Waals surface area (Å²) >= 11 is 1.00. The summed E-state index contributed by atoms with van der Waals surface area (Å²) in [6.07, 6.45) is 0. The van der Waals surface area contributed by atoms with Crippen LogP contribution < -0.4 is 4.72 Å². The van der Waals surface area contributed by atoms with Gasteiger partial charge in [0.2, 0.25) is 0 Å². The Balaban J connectivity index is 2.38. The van der Waals surface area contributed by atoms with Crippen LogP contribution in [0.2, 0.25) is 0 Å². The van der Waals surface area contributed by atoms with Gasteiger partial charge in [0.1, 0.15) is 16.4 Å². The van der Waals surface area contributed by atoms with E-state index < -0.39 is 10.0 Å². The van der Waals surface area contributed by atoms with Gasteiger partial charge in [-0.2, -0.15) is 10.5 Å². The molecule has 0 aromatic heterocycles. The molecule has 0 amide bonds. The number of sulfonamides is 1. The van der Waals surface area contributed by atoms with Crippen molar-refractivity contribution in [3.63, 3.8) is 0 Å². The lowest BCUT2D eigenvalue weighted by Crippen LogP contribution is -2.15. The second-order valence-electron chi connectivity index (χ2n) is 4.38. The maximum absolute atomic E-state index is 12.4. The number of hydrogen-bond acceptors (Lipinski definition) is 5. The van der Waals surface area contributed by atoms with E-state index in [1.54, 1.807) is 37.3 Å². The Kier molecular flexibility index (Phi) is 4.71. The monoisotopic (exact) mass is 329 g/mol. The molecular formula is C15H11N3O2S2. The second-order valence-corrected chi connectivity index (χ2v) is 6.89. The van der Waals surface area contributed by atoms with E-state index in [1.165, 1.54) is 12.1 Å². The van der Waals surface area contributed by atoms with Crippen LogP contribution in [0.4, 0.5) is 5.69 Å². The quantitative estimate of drug-likeness (QED) is 0.686. The average Bonchev–Trinajstić information content (AvgIpc) is 2.50. The highest BCUT2D eigenvalue weighted by Gasteiger charge is 2.19. The summed E-state index contributed by atoms with van der Waals surface area (Å²) in [6.45, 7) is 1.75. The molecule has 110 valence electrons. The zero-order valence-electron chi connectivity index (χ0n) is 11.6. The van der Waals surface area contributed by atoms with Crippen molar-refractivity contribution in [2.24, 2.45) is 0 Å². The lowest BCUT2D eigenvalue weighted by molar-refractivity contribution is 0.601. The van der Waals surface area contributed by atoms with Crippen LogP contribution >= 0.6 is 11.8 Å². The predicted octanol–water partition coefficient (Wildman–Crippen LogP) is 3.24. The highest BCUT2D eigenvalue weighted by Crippen LogP contribution is 2.26. The molecule has 0 aliphatic rings. The molecule has 0 unspecified atom stereocenters. The van der Waals surface area contributed by atoms with Gasteiger partial charge >= 0.3 is 0 Å². The zero-order chi connectivity index (χ0) is 16.2. The highest BCUT2D eigenvalue weighted by molar-refractivity contribution is 8.03. The Morgan fingerprint density at radius 1 is 1.14 bits per heavy atom. The fourth-order valence-electron chi connectivity index (χ4n) is 1.86. The summed E-state index contributed by atoms with van der Waals surface area (Å²) in [6, 6.07) is 12.9. The number of anilines is 1. The van der Waals surface area contributed by atoms with Crippen molar-refractivity contribution in [1.82, 2.24) is 0 Å². The molecule has 0 aliphatic carbocycles. The summed E-state index contributed by atoms with van der Waals surface area (Å²) in [4.78, 5) is 0.674. The lowest BCUT2D eigenvalue weighted by Gasteiger charge is -2.12. The van der Waals surface area contributed by atoms with Crippen molar-refractivity contribution in [2.75, 3.05) is 4.72 Å². The van der Waals surface area contributed by atoms with Gasteiger partial charge in [-0.1, -0.05) is 12.1 Å². The smallest absolute Gasteiger partial charge is 0.263 e. The predicted molar refractivity (Wildman–Crippen MR) is 84.6 cm³/mol. The molecule has 0 saturated carbocycles. The maximum atomic E-state index is 12.4. The summed E-state index contributed by atoms with van der Waals surface area (Å²) in [7, 11) is -3.85. The minimum absolute atomic E-state index is 0.0626. The van der Waals surface area contributed by atoms with E-state index in [0.29, 0.717) is 11.3 Å². The van der Waals surface area contributed by atoms with E-state index in [2.05, 4.69) is 4.72 Å². The first kappa shape index (κ1) is 15.9. The van der Waals surface area contributed by atoms with E-state index >= 15 is 0 Å². The van der Waals surface area contributed by atoms with Crippen LogP contribution in [0.3, 0.4) is 0 Å². The molecule has 0 saturated heterocycles. The van der Waals surface area contributed by atoms with E-state index in [9.17, 15) is 8.42 Å². The lowest BCUT2D eigenvalue weighted by atomic mass is 10.2. The van der Waals surface area contributed by atoms with Crippen LogP contribution in [-0.4, -0.2) is 8.42 Å². The molecule has 0 radical (unpaired) electrons. The third kappa shape index (κ3) is 3.40. The number of benzene rings is 2. The second kappa shape index (κ2) is 6.52. The number of nitrogens with one attached hydrogen (secondary N) is 1. The largest absolute Gasteiger partial charge is 0.279 e. The van der Waals surface area contributed by atoms with Crippen LogP contribution in [-0.2, 0) is 10.0 Å². The Hall–Kier alpha value is -2.48. The average molecular weight is 329 g/mol. The van der Waals surface area contributed by atoms with Gasteiger partial charge in [0.25, 0.3) is 10.0 Å². The van der Waals surface area contributed by atoms with E-state index in [1.807, 2.05) is 11.5 Å². The molecule has 7 heteroatoms. The van der Waals surface area contributed by atoms with E-state index in [-0.39, 0.29) is 10.5 Å². The number of thioether (sulfide) groups is 1. The van der Waals surface area contributed by atoms with Crippen LogP contribution in [0.1, 0.15) is 11.1 Å². The molecular weight excluding hydrogens is 318 g/mol. The summed E-state index contributed by atoms with van der Waals surface area (Å²) in [5, 5.41) is 19.6. The van der Waals surface area contributed by atoms with Gasteiger partial charge in [0.15, 0.2) is 0 Å². The molecule has 0 bridgehead atoms. The van der Waals surface area contributed by atoms with E-state index in [0.717, 1.165) is 16.7 Å². The maximum Gasteiger partial charge on any atom is 0.263 e. The minimum atomic E-state index is -3.85. The molecule has 5 nitrogen and oxygen atoms in total. The first-order valence-electron chi connectivity index (χ1n) is 6.16. The number of rotatable bonds is 4. The van der Waals surface area contributed by atoms with Crippen LogP contribution in [0, 0.1) is 28.9 Å².